The van der Waals surface area contributed by atoms with E-state index < -0.39 is 0 Å². The van der Waals surface area contributed by atoms with Crippen molar-refractivity contribution >= 4 is 0 Å². The number of nitrogens with zero attached hydrogens (tertiary/aromatic N) is 1. The molecule has 0 bridgehead atoms. The van der Waals surface area contributed by atoms with Crippen LogP contribution < -0.4 is 4.74 Å². The lowest BCUT2D eigenvalue weighted by Crippen LogP contribution is -1.91. The second-order valence-corrected chi connectivity index (χ2v) is 6.41. The molecule has 1 N–H and O–H groups in total. The molecule has 0 spiro atoms. The lowest BCUT2D eigenvalue weighted by atomic mass is 9.93. The summed E-state index contributed by atoms with van der Waals surface area (Å²) in [6, 6.07) is 18.2. The number of aryl methyl sites for hydroxylation is 1. The molecule has 1 heterocycles. The molecule has 3 nitrogen and oxygen atoms in total. The number of nitrogens with one attached hydrogen (secondary N) is 1. The van der Waals surface area contributed by atoms with Gasteiger partial charge in [-0.1, -0.05) is 50.1 Å². The van der Waals surface area contributed by atoms with E-state index in [4.69, 9.17) is 4.74 Å². The topological polar surface area (TPSA) is 48.8 Å². The number of hydrogen-bond acceptors (Lipinski definition) is 2. The molecule has 0 unspecified atom stereocenters. The van der Waals surface area contributed by atoms with E-state index in [-0.39, 0.29) is 0 Å². The maximum Gasteiger partial charge on any atom is 0.118 e. The summed E-state index contributed by atoms with van der Waals surface area (Å²) in [5.41, 5.74) is 6.27. The Morgan fingerprint density at radius 3 is 2.50 bits per heavy atom. The first-order valence-electron chi connectivity index (χ1n) is 9.12. The number of H-pyrrole nitrogens is 1. The molecule has 2 aromatic carbocycles. The first-order chi connectivity index (χ1) is 12.8. The highest BCUT2D eigenvalue weighted by atomic mass is 16.5. The van der Waals surface area contributed by atoms with Gasteiger partial charge in [0.05, 0.1) is 24.4 Å². The summed E-state index contributed by atoms with van der Waals surface area (Å²) in [6.45, 7) is 2.22. The Balaban J connectivity index is 2.11. The van der Waals surface area contributed by atoms with Crippen molar-refractivity contribution < 1.29 is 4.74 Å². The molecule has 0 radical (unpaired) electrons. The zero-order chi connectivity index (χ0) is 18.4. The minimum atomic E-state index is 0.684. The summed E-state index contributed by atoms with van der Waals surface area (Å²) in [7, 11) is 1.68. The predicted molar refractivity (Wildman–Crippen MR) is 106 cm³/mol. The van der Waals surface area contributed by atoms with E-state index in [0.29, 0.717) is 5.56 Å². The van der Waals surface area contributed by atoms with E-state index in [9.17, 15) is 5.26 Å². The largest absolute Gasteiger partial charge is 0.497 e. The van der Waals surface area contributed by atoms with Gasteiger partial charge in [-0.2, -0.15) is 5.26 Å². The molecule has 3 aromatic rings. The standard InChI is InChI=1S/C23H24N2O/c1-3-4-5-9-19-16-25-23(21-10-7-6-8-18(21)15-24)22(19)17-11-13-20(26-2)14-12-17/h6-8,10-14,16,25H,3-5,9H2,1-2H3. The predicted octanol–water partition coefficient (Wildman–Crippen LogP) is 5.96. The van der Waals surface area contributed by atoms with Crippen molar-refractivity contribution in [2.75, 3.05) is 7.11 Å². The van der Waals surface area contributed by atoms with E-state index >= 15 is 0 Å². The van der Waals surface area contributed by atoms with E-state index in [2.05, 4.69) is 36.3 Å². The van der Waals surface area contributed by atoms with Crippen molar-refractivity contribution in [1.82, 2.24) is 4.98 Å². The van der Waals surface area contributed by atoms with Gasteiger partial charge >= 0.3 is 0 Å². The van der Waals surface area contributed by atoms with Gasteiger partial charge in [-0.15, -0.1) is 0 Å². The van der Waals surface area contributed by atoms with Crippen LogP contribution in [-0.2, 0) is 6.42 Å². The van der Waals surface area contributed by atoms with E-state index in [1.807, 2.05) is 36.4 Å². The van der Waals surface area contributed by atoms with Crippen molar-refractivity contribution in [2.45, 2.75) is 32.6 Å². The lowest BCUT2D eigenvalue weighted by molar-refractivity contribution is 0.415. The Bertz CT molecular complexity index is 901. The first kappa shape index (κ1) is 17.8. The van der Waals surface area contributed by atoms with Crippen molar-refractivity contribution in [3.8, 4) is 34.2 Å². The molecule has 3 rings (SSSR count). The van der Waals surface area contributed by atoms with Crippen LogP contribution in [0.2, 0.25) is 0 Å². The summed E-state index contributed by atoms with van der Waals surface area (Å²) in [5.74, 6) is 0.843. The number of rotatable bonds is 7. The quantitative estimate of drug-likeness (QED) is 0.537. The van der Waals surface area contributed by atoms with Gasteiger partial charge in [0.1, 0.15) is 5.75 Å². The highest BCUT2D eigenvalue weighted by Gasteiger charge is 2.17. The summed E-state index contributed by atoms with van der Waals surface area (Å²) < 4.78 is 5.30. The third kappa shape index (κ3) is 3.65. The Kier molecular flexibility index (Phi) is 5.76. The fraction of sp³-hybridized carbons (Fsp3) is 0.261. The van der Waals surface area contributed by atoms with Gasteiger partial charge in [0.15, 0.2) is 0 Å². The highest BCUT2D eigenvalue weighted by Crippen LogP contribution is 2.37. The van der Waals surface area contributed by atoms with Crippen LogP contribution in [0, 0.1) is 11.3 Å². The number of ether oxygens (including phenoxy) is 1. The first-order valence-corrected chi connectivity index (χ1v) is 9.12. The molecule has 0 aliphatic carbocycles. The smallest absolute Gasteiger partial charge is 0.118 e. The minimum absolute atomic E-state index is 0.684. The molecule has 0 aliphatic rings. The van der Waals surface area contributed by atoms with Gasteiger partial charge in [0, 0.05) is 17.3 Å². The van der Waals surface area contributed by atoms with Gasteiger partial charge in [-0.25, -0.2) is 0 Å². The van der Waals surface area contributed by atoms with Crippen LogP contribution in [0.4, 0.5) is 0 Å². The minimum Gasteiger partial charge on any atom is -0.497 e. The fourth-order valence-corrected chi connectivity index (χ4v) is 3.33. The van der Waals surface area contributed by atoms with E-state index in [1.165, 1.54) is 24.0 Å². The Morgan fingerprint density at radius 1 is 1.04 bits per heavy atom. The molecule has 26 heavy (non-hydrogen) atoms. The van der Waals surface area contributed by atoms with Crippen LogP contribution in [-0.4, -0.2) is 12.1 Å². The Morgan fingerprint density at radius 2 is 1.81 bits per heavy atom. The second-order valence-electron chi connectivity index (χ2n) is 6.41. The molecular weight excluding hydrogens is 320 g/mol. The molecule has 0 aliphatic heterocycles. The van der Waals surface area contributed by atoms with E-state index in [1.54, 1.807) is 7.11 Å². The maximum absolute atomic E-state index is 9.51. The molecule has 0 atom stereocenters. The molecular formula is C23H24N2O. The van der Waals surface area contributed by atoms with Crippen LogP contribution in [0.3, 0.4) is 0 Å². The van der Waals surface area contributed by atoms with Gasteiger partial charge in [0.25, 0.3) is 0 Å². The third-order valence-electron chi connectivity index (χ3n) is 4.71. The third-order valence-corrected chi connectivity index (χ3v) is 4.71. The zero-order valence-corrected chi connectivity index (χ0v) is 15.4. The number of aromatic nitrogens is 1. The SMILES string of the molecule is CCCCCc1c[nH]c(-c2ccccc2C#N)c1-c1ccc(OC)cc1. The van der Waals surface area contributed by atoms with Gasteiger partial charge in [-0.3, -0.25) is 0 Å². The fourth-order valence-electron chi connectivity index (χ4n) is 3.33. The maximum atomic E-state index is 9.51. The van der Waals surface area contributed by atoms with Crippen LogP contribution in [0.15, 0.2) is 54.7 Å². The number of nitriles is 1. The number of methoxy groups -OCH3 is 1. The van der Waals surface area contributed by atoms with Crippen molar-refractivity contribution in [2.24, 2.45) is 0 Å². The summed E-state index contributed by atoms with van der Waals surface area (Å²) in [5, 5.41) is 9.51. The van der Waals surface area contributed by atoms with Gasteiger partial charge < -0.3 is 9.72 Å². The average Bonchev–Trinajstić information content (AvgIpc) is 3.12. The molecule has 132 valence electrons. The van der Waals surface area contributed by atoms with Crippen molar-refractivity contribution in [1.29, 1.82) is 5.26 Å². The van der Waals surface area contributed by atoms with Gasteiger partial charge in [-0.05, 0) is 42.2 Å². The molecule has 3 heteroatoms. The summed E-state index contributed by atoms with van der Waals surface area (Å²) in [6.07, 6.45) is 6.71. The van der Waals surface area contributed by atoms with Crippen molar-refractivity contribution in [3.63, 3.8) is 0 Å². The molecule has 0 fully saturated rings. The number of benzene rings is 2. The normalized spacial score (nSPS) is 10.5. The molecule has 0 amide bonds. The zero-order valence-electron chi connectivity index (χ0n) is 15.4. The number of aromatic amines is 1. The average molecular weight is 344 g/mol. The van der Waals surface area contributed by atoms with E-state index in [0.717, 1.165) is 35.4 Å². The Labute approximate surface area is 155 Å². The molecule has 1 aromatic heterocycles. The monoisotopic (exact) mass is 344 g/mol. The number of unbranched alkanes of at least 4 members (excludes halogenated alkanes) is 2. The molecule has 0 saturated carbocycles. The lowest BCUT2D eigenvalue weighted by Gasteiger charge is -2.10. The van der Waals surface area contributed by atoms with Crippen LogP contribution in [0.1, 0.15) is 37.3 Å². The van der Waals surface area contributed by atoms with Gasteiger partial charge in [0.2, 0.25) is 0 Å². The molecule has 0 saturated heterocycles. The highest BCUT2D eigenvalue weighted by molar-refractivity contribution is 5.86. The summed E-state index contributed by atoms with van der Waals surface area (Å²) >= 11 is 0. The van der Waals surface area contributed by atoms with Crippen LogP contribution in [0.5, 0.6) is 5.75 Å². The summed E-state index contributed by atoms with van der Waals surface area (Å²) in [4.78, 5) is 3.44. The van der Waals surface area contributed by atoms with Crippen LogP contribution in [0.25, 0.3) is 22.4 Å². The van der Waals surface area contributed by atoms with Crippen molar-refractivity contribution in [3.05, 3.63) is 65.9 Å². The second kappa shape index (κ2) is 8.40. The number of hydrogen-bond donors (Lipinski definition) is 1. The van der Waals surface area contributed by atoms with Crippen LogP contribution >= 0.6 is 0 Å². The Hall–Kier alpha value is -2.99.